The first-order valence-electron chi connectivity index (χ1n) is 10.6. The molecule has 7 nitrogen and oxygen atoms in total. The molecular weight excluding hydrogens is 368 g/mol. The van der Waals surface area contributed by atoms with Crippen molar-refractivity contribution in [3.05, 3.63) is 30.3 Å². The van der Waals surface area contributed by atoms with Crippen LogP contribution in [0.3, 0.4) is 0 Å². The van der Waals surface area contributed by atoms with Gasteiger partial charge in [0.05, 0.1) is 5.69 Å². The molecule has 152 valence electrons. The molecule has 3 atom stereocenters. The summed E-state index contributed by atoms with van der Waals surface area (Å²) in [7, 11) is 0. The Bertz CT molecular complexity index is 872. The number of hydrogen-bond acceptors (Lipinski definition) is 7. The lowest BCUT2D eigenvalue weighted by Gasteiger charge is -2.28. The van der Waals surface area contributed by atoms with Crippen LogP contribution < -0.4 is 14.8 Å². The molecular formula is C22H26N4O3. The highest BCUT2D eigenvalue weighted by atomic mass is 16.7. The zero-order valence-electron chi connectivity index (χ0n) is 16.4. The van der Waals surface area contributed by atoms with Crippen LogP contribution in [0.15, 0.2) is 30.3 Å². The first kappa shape index (κ1) is 17.5. The van der Waals surface area contributed by atoms with Crippen LogP contribution in [0, 0.1) is 17.8 Å². The number of nitrogens with zero attached hydrogens (tertiary/aromatic N) is 3. The highest BCUT2D eigenvalue weighted by Crippen LogP contribution is 2.47. The minimum Gasteiger partial charge on any atom is -0.454 e. The molecule has 1 aromatic heterocycles. The van der Waals surface area contributed by atoms with Crippen molar-refractivity contribution in [1.82, 2.24) is 15.1 Å². The second-order valence-electron chi connectivity index (χ2n) is 8.64. The minimum atomic E-state index is 0.281. The van der Waals surface area contributed by atoms with Gasteiger partial charge in [-0.25, -0.2) is 0 Å². The van der Waals surface area contributed by atoms with Crippen LogP contribution in [0.4, 0.5) is 5.82 Å². The third-order valence-corrected chi connectivity index (χ3v) is 6.77. The van der Waals surface area contributed by atoms with Gasteiger partial charge in [0.15, 0.2) is 11.5 Å². The van der Waals surface area contributed by atoms with Crippen molar-refractivity contribution < 1.29 is 14.2 Å². The summed E-state index contributed by atoms with van der Waals surface area (Å²) in [6.45, 7) is 5.83. The first-order valence-corrected chi connectivity index (χ1v) is 10.6. The molecule has 2 saturated heterocycles. The Balaban J connectivity index is 1.03. The Labute approximate surface area is 170 Å². The summed E-state index contributed by atoms with van der Waals surface area (Å²) in [6, 6.07) is 10.5. The normalized spacial score (nSPS) is 28.3. The highest BCUT2D eigenvalue weighted by molar-refractivity contribution is 5.64. The van der Waals surface area contributed by atoms with E-state index >= 15 is 0 Å². The molecule has 0 amide bonds. The van der Waals surface area contributed by atoms with Gasteiger partial charge in [-0.15, -0.1) is 10.2 Å². The zero-order chi connectivity index (χ0) is 19.2. The number of piperidine rings is 1. The van der Waals surface area contributed by atoms with E-state index in [4.69, 9.17) is 14.2 Å². The Morgan fingerprint density at radius 3 is 2.59 bits per heavy atom. The van der Waals surface area contributed by atoms with E-state index in [1.165, 1.54) is 32.5 Å². The molecule has 0 radical (unpaired) electrons. The van der Waals surface area contributed by atoms with Crippen LogP contribution in [0.2, 0.25) is 0 Å². The van der Waals surface area contributed by atoms with Gasteiger partial charge in [-0.1, -0.05) is 0 Å². The summed E-state index contributed by atoms with van der Waals surface area (Å²) < 4.78 is 16.3. The molecule has 0 spiro atoms. The topological polar surface area (TPSA) is 68.7 Å². The van der Waals surface area contributed by atoms with Crippen LogP contribution in [0.5, 0.6) is 11.5 Å². The lowest BCUT2D eigenvalue weighted by molar-refractivity contribution is 0.0540. The third kappa shape index (κ3) is 3.42. The smallest absolute Gasteiger partial charge is 0.231 e. The van der Waals surface area contributed by atoms with Gasteiger partial charge in [-0.3, -0.25) is 0 Å². The van der Waals surface area contributed by atoms with Gasteiger partial charge in [0, 0.05) is 44.5 Å². The van der Waals surface area contributed by atoms with Gasteiger partial charge >= 0.3 is 0 Å². The molecule has 1 saturated carbocycles. The largest absolute Gasteiger partial charge is 0.454 e. The molecule has 29 heavy (non-hydrogen) atoms. The van der Waals surface area contributed by atoms with E-state index in [0.29, 0.717) is 6.04 Å². The van der Waals surface area contributed by atoms with E-state index in [1.54, 1.807) is 0 Å². The maximum atomic E-state index is 5.48. The third-order valence-electron chi connectivity index (χ3n) is 6.77. The number of hydrogen-bond donors (Lipinski definition) is 1. The molecule has 1 aliphatic carbocycles. The van der Waals surface area contributed by atoms with Crippen molar-refractivity contribution in [3.8, 4) is 22.8 Å². The molecule has 3 aliphatic heterocycles. The fraction of sp³-hybridized carbons (Fsp3) is 0.545. The van der Waals surface area contributed by atoms with Crippen molar-refractivity contribution in [3.63, 3.8) is 0 Å². The number of ether oxygens (including phenoxy) is 3. The number of benzene rings is 1. The second-order valence-corrected chi connectivity index (χ2v) is 8.64. The summed E-state index contributed by atoms with van der Waals surface area (Å²) >= 11 is 0. The van der Waals surface area contributed by atoms with Crippen LogP contribution in [-0.2, 0) is 4.74 Å². The first-order chi connectivity index (χ1) is 14.3. The van der Waals surface area contributed by atoms with E-state index < -0.39 is 0 Å². The summed E-state index contributed by atoms with van der Waals surface area (Å²) in [4.78, 5) is 2.65. The van der Waals surface area contributed by atoms with Crippen LogP contribution in [-0.4, -0.2) is 60.8 Å². The Morgan fingerprint density at radius 2 is 1.79 bits per heavy atom. The molecule has 4 aliphatic rings. The molecule has 6 rings (SSSR count). The van der Waals surface area contributed by atoms with E-state index in [-0.39, 0.29) is 6.79 Å². The number of likely N-dealkylation sites (tertiary alicyclic amines) is 1. The molecule has 3 fully saturated rings. The molecule has 1 aromatic carbocycles. The van der Waals surface area contributed by atoms with Gasteiger partial charge in [0.1, 0.15) is 5.82 Å². The summed E-state index contributed by atoms with van der Waals surface area (Å²) in [5, 5.41) is 12.4. The monoisotopic (exact) mass is 394 g/mol. The molecule has 2 aromatic rings. The summed E-state index contributed by atoms with van der Waals surface area (Å²) in [6.07, 6.45) is 2.44. The minimum absolute atomic E-state index is 0.281. The Kier molecular flexibility index (Phi) is 4.31. The lowest BCUT2D eigenvalue weighted by atomic mass is 10.00. The molecule has 1 N–H and O–H groups in total. The van der Waals surface area contributed by atoms with E-state index in [9.17, 15) is 0 Å². The number of nitrogens with one attached hydrogen (secondary N) is 1. The van der Waals surface area contributed by atoms with Crippen molar-refractivity contribution in [1.29, 1.82) is 0 Å². The lowest BCUT2D eigenvalue weighted by Crippen LogP contribution is -2.34. The number of aromatic nitrogens is 2. The van der Waals surface area contributed by atoms with E-state index in [1.807, 2.05) is 30.3 Å². The van der Waals surface area contributed by atoms with E-state index in [0.717, 1.165) is 59.5 Å². The van der Waals surface area contributed by atoms with Crippen molar-refractivity contribution in [2.24, 2.45) is 17.8 Å². The van der Waals surface area contributed by atoms with Gasteiger partial charge < -0.3 is 24.4 Å². The Hall–Kier alpha value is -2.38. The van der Waals surface area contributed by atoms with Crippen molar-refractivity contribution in [2.45, 2.75) is 18.9 Å². The van der Waals surface area contributed by atoms with Crippen LogP contribution >= 0.6 is 0 Å². The fourth-order valence-corrected chi connectivity index (χ4v) is 5.06. The summed E-state index contributed by atoms with van der Waals surface area (Å²) in [5.41, 5.74) is 1.83. The fourth-order valence-electron chi connectivity index (χ4n) is 5.06. The average Bonchev–Trinajstić information content (AvgIpc) is 3.13. The number of fused-ring (bicyclic) bond motifs is 2. The maximum absolute atomic E-state index is 5.48. The predicted octanol–water partition coefficient (Wildman–Crippen LogP) is 2.64. The maximum Gasteiger partial charge on any atom is 0.231 e. The Morgan fingerprint density at radius 1 is 0.966 bits per heavy atom. The van der Waals surface area contributed by atoms with Crippen molar-refractivity contribution >= 4 is 5.82 Å². The zero-order valence-corrected chi connectivity index (χ0v) is 16.4. The van der Waals surface area contributed by atoms with Gasteiger partial charge in [-0.2, -0.15) is 0 Å². The SMILES string of the molecule is c1cc2c(cc1-c1ccc(N[C@H]3[C@@H]4CN(CC5CCOCC5)C[C@@H]43)nn1)OCO2. The number of anilines is 1. The highest BCUT2D eigenvalue weighted by Gasteiger charge is 2.55. The quantitative estimate of drug-likeness (QED) is 0.836. The summed E-state index contributed by atoms with van der Waals surface area (Å²) in [5.74, 6) is 4.75. The number of rotatable bonds is 5. The van der Waals surface area contributed by atoms with Gasteiger partial charge in [0.25, 0.3) is 0 Å². The molecule has 0 bridgehead atoms. The average molecular weight is 394 g/mol. The standard InChI is InChI=1S/C22H26N4O3/c1-3-19-20(29-13-28-19)9-15(1)18-2-4-21(25-24-18)23-22-16-11-26(12-17(16)22)10-14-5-7-27-8-6-14/h1-4,9,14,16-17,22H,5-8,10-13H2,(H,23,25)/t16-,17+,22+. The molecule has 7 heteroatoms. The predicted molar refractivity (Wildman–Crippen MR) is 108 cm³/mol. The second kappa shape index (κ2) is 7.15. The van der Waals surface area contributed by atoms with Crippen LogP contribution in [0.25, 0.3) is 11.3 Å². The molecule has 4 heterocycles. The van der Waals surface area contributed by atoms with Crippen molar-refractivity contribution in [2.75, 3.05) is 45.0 Å². The molecule has 0 unspecified atom stereocenters. The van der Waals surface area contributed by atoms with E-state index in [2.05, 4.69) is 20.4 Å². The van der Waals surface area contributed by atoms with Gasteiger partial charge in [-0.05, 0) is 60.9 Å². The van der Waals surface area contributed by atoms with Crippen LogP contribution in [0.1, 0.15) is 12.8 Å². The van der Waals surface area contributed by atoms with Gasteiger partial charge in [0.2, 0.25) is 6.79 Å².